The van der Waals surface area contributed by atoms with Gasteiger partial charge in [0.25, 0.3) is 0 Å². The summed E-state index contributed by atoms with van der Waals surface area (Å²) in [7, 11) is 0. The minimum Gasteiger partial charge on any atom is -0.490 e. The molecule has 1 N–H and O–H groups in total. The van der Waals surface area contributed by atoms with Gasteiger partial charge < -0.3 is 10.1 Å². The van der Waals surface area contributed by atoms with Gasteiger partial charge in [-0.25, -0.2) is 4.98 Å². The van der Waals surface area contributed by atoms with E-state index >= 15 is 0 Å². The van der Waals surface area contributed by atoms with Crippen molar-refractivity contribution in [1.29, 1.82) is 0 Å². The average molecular weight is 302 g/mol. The highest BCUT2D eigenvalue weighted by molar-refractivity contribution is 7.09. The SMILES string of the molecule is Cc1nc(CC(=O)NCc2ccc3c(c2)CC(C)O3)cs1. The fraction of sp³-hybridized carbons (Fsp3) is 0.375. The lowest BCUT2D eigenvalue weighted by atomic mass is 10.1. The van der Waals surface area contributed by atoms with Crippen molar-refractivity contribution in [3.05, 3.63) is 45.4 Å². The van der Waals surface area contributed by atoms with Crippen LogP contribution < -0.4 is 10.1 Å². The number of hydrogen-bond donors (Lipinski definition) is 1. The molecular formula is C16H18N2O2S. The van der Waals surface area contributed by atoms with E-state index in [1.807, 2.05) is 24.4 Å². The van der Waals surface area contributed by atoms with E-state index < -0.39 is 0 Å². The zero-order valence-electron chi connectivity index (χ0n) is 12.2. The first-order chi connectivity index (χ1) is 10.1. The van der Waals surface area contributed by atoms with Crippen LogP contribution in [-0.4, -0.2) is 17.0 Å². The zero-order chi connectivity index (χ0) is 14.8. The molecule has 0 bridgehead atoms. The van der Waals surface area contributed by atoms with E-state index in [2.05, 4.69) is 23.3 Å². The Bertz CT molecular complexity index is 666. The lowest BCUT2D eigenvalue weighted by molar-refractivity contribution is -0.120. The Hall–Kier alpha value is -1.88. The second kappa shape index (κ2) is 5.85. The largest absolute Gasteiger partial charge is 0.490 e. The van der Waals surface area contributed by atoms with Crippen molar-refractivity contribution < 1.29 is 9.53 Å². The third-order valence-corrected chi connectivity index (χ3v) is 4.28. The van der Waals surface area contributed by atoms with E-state index in [4.69, 9.17) is 4.74 Å². The Morgan fingerprint density at radius 2 is 2.38 bits per heavy atom. The number of aromatic nitrogens is 1. The average Bonchev–Trinajstić information content (AvgIpc) is 3.00. The smallest absolute Gasteiger partial charge is 0.226 e. The van der Waals surface area contributed by atoms with Gasteiger partial charge in [0.05, 0.1) is 17.1 Å². The van der Waals surface area contributed by atoms with Gasteiger partial charge in [-0.2, -0.15) is 0 Å². The molecule has 0 saturated heterocycles. The number of thiazole rings is 1. The third-order valence-electron chi connectivity index (χ3n) is 3.46. The third kappa shape index (κ3) is 3.42. The van der Waals surface area contributed by atoms with Gasteiger partial charge in [-0.15, -0.1) is 11.3 Å². The predicted molar refractivity (Wildman–Crippen MR) is 82.6 cm³/mol. The van der Waals surface area contributed by atoms with Crippen molar-refractivity contribution in [3.63, 3.8) is 0 Å². The van der Waals surface area contributed by atoms with Crippen molar-refractivity contribution in [2.45, 2.75) is 39.3 Å². The summed E-state index contributed by atoms with van der Waals surface area (Å²) in [6.45, 7) is 4.56. The maximum Gasteiger partial charge on any atom is 0.226 e. The molecule has 3 rings (SSSR count). The van der Waals surface area contributed by atoms with Gasteiger partial charge in [-0.3, -0.25) is 4.79 Å². The molecule has 0 aliphatic carbocycles. The molecule has 1 aromatic carbocycles. The molecule has 1 atom stereocenters. The number of aryl methyl sites for hydroxylation is 1. The van der Waals surface area contributed by atoms with Crippen LogP contribution in [0.4, 0.5) is 0 Å². The molecule has 1 unspecified atom stereocenters. The first-order valence-electron chi connectivity index (χ1n) is 7.06. The van der Waals surface area contributed by atoms with E-state index in [-0.39, 0.29) is 12.0 Å². The number of ether oxygens (including phenoxy) is 1. The summed E-state index contributed by atoms with van der Waals surface area (Å²) < 4.78 is 5.67. The number of carbonyl (C=O) groups is 1. The van der Waals surface area contributed by atoms with E-state index in [9.17, 15) is 4.79 Å². The van der Waals surface area contributed by atoms with Crippen LogP contribution in [0.2, 0.25) is 0 Å². The number of hydrogen-bond acceptors (Lipinski definition) is 4. The molecule has 1 amide bonds. The van der Waals surface area contributed by atoms with Crippen LogP contribution in [0.3, 0.4) is 0 Å². The number of nitrogens with zero attached hydrogens (tertiary/aromatic N) is 1. The number of fused-ring (bicyclic) bond motifs is 1. The van der Waals surface area contributed by atoms with E-state index in [1.54, 1.807) is 11.3 Å². The number of rotatable bonds is 4. The van der Waals surface area contributed by atoms with Crippen molar-refractivity contribution in [2.24, 2.45) is 0 Å². The molecule has 2 aromatic rings. The molecule has 1 aliphatic rings. The summed E-state index contributed by atoms with van der Waals surface area (Å²) in [4.78, 5) is 16.2. The van der Waals surface area contributed by atoms with Crippen molar-refractivity contribution >= 4 is 17.2 Å². The van der Waals surface area contributed by atoms with Crippen molar-refractivity contribution in [3.8, 4) is 5.75 Å². The Morgan fingerprint density at radius 3 is 3.14 bits per heavy atom. The quantitative estimate of drug-likeness (QED) is 0.944. The molecule has 0 saturated carbocycles. The molecule has 0 fully saturated rings. The van der Waals surface area contributed by atoms with E-state index in [0.29, 0.717) is 13.0 Å². The maximum absolute atomic E-state index is 11.9. The van der Waals surface area contributed by atoms with Crippen LogP contribution in [0.5, 0.6) is 5.75 Å². The fourth-order valence-electron chi connectivity index (χ4n) is 2.50. The molecule has 5 heteroatoms. The highest BCUT2D eigenvalue weighted by atomic mass is 32.1. The second-order valence-corrected chi connectivity index (χ2v) is 6.45. The highest BCUT2D eigenvalue weighted by Gasteiger charge is 2.18. The van der Waals surface area contributed by atoms with Gasteiger partial charge >= 0.3 is 0 Å². The Labute approximate surface area is 128 Å². The van der Waals surface area contributed by atoms with Gasteiger partial charge in [-0.1, -0.05) is 12.1 Å². The van der Waals surface area contributed by atoms with Gasteiger partial charge in [-0.05, 0) is 31.0 Å². The number of benzene rings is 1. The predicted octanol–water partition coefficient (Wildman–Crippen LogP) is 2.63. The summed E-state index contributed by atoms with van der Waals surface area (Å²) in [5.74, 6) is 0.973. The standard InChI is InChI=1S/C16H18N2O2S/c1-10-5-13-6-12(3-4-15(13)20-10)8-17-16(19)7-14-9-21-11(2)18-14/h3-4,6,9-10H,5,7-8H2,1-2H3,(H,17,19). The van der Waals surface area contributed by atoms with Gasteiger partial charge in [0.2, 0.25) is 5.91 Å². The normalized spacial score (nSPS) is 16.4. The van der Waals surface area contributed by atoms with Crippen LogP contribution in [0.15, 0.2) is 23.6 Å². The monoisotopic (exact) mass is 302 g/mol. The topological polar surface area (TPSA) is 51.2 Å². The van der Waals surface area contributed by atoms with Gasteiger partial charge in [0.1, 0.15) is 11.9 Å². The van der Waals surface area contributed by atoms with E-state index in [0.717, 1.165) is 28.4 Å². The lowest BCUT2D eigenvalue weighted by Gasteiger charge is -2.06. The van der Waals surface area contributed by atoms with Gasteiger partial charge in [0.15, 0.2) is 0 Å². The summed E-state index contributed by atoms with van der Waals surface area (Å²) in [6, 6.07) is 6.11. The molecule has 0 radical (unpaired) electrons. The molecule has 2 heterocycles. The summed E-state index contributed by atoms with van der Waals surface area (Å²) in [6.07, 6.45) is 1.53. The summed E-state index contributed by atoms with van der Waals surface area (Å²) in [5, 5.41) is 5.87. The second-order valence-electron chi connectivity index (χ2n) is 5.39. The lowest BCUT2D eigenvalue weighted by Crippen LogP contribution is -2.24. The molecule has 4 nitrogen and oxygen atoms in total. The Balaban J connectivity index is 1.55. The highest BCUT2D eigenvalue weighted by Crippen LogP contribution is 2.29. The summed E-state index contributed by atoms with van der Waals surface area (Å²) in [5.41, 5.74) is 3.17. The molecular weight excluding hydrogens is 284 g/mol. The van der Waals surface area contributed by atoms with E-state index in [1.165, 1.54) is 5.56 Å². The van der Waals surface area contributed by atoms with Crippen LogP contribution >= 0.6 is 11.3 Å². The maximum atomic E-state index is 11.9. The van der Waals surface area contributed by atoms with Crippen molar-refractivity contribution in [2.75, 3.05) is 0 Å². The number of carbonyl (C=O) groups excluding carboxylic acids is 1. The molecule has 1 aromatic heterocycles. The minimum atomic E-state index is 0.00502. The Kier molecular flexibility index (Phi) is 3.92. The van der Waals surface area contributed by atoms with Gasteiger partial charge in [0, 0.05) is 18.3 Å². The Morgan fingerprint density at radius 1 is 1.52 bits per heavy atom. The first kappa shape index (κ1) is 14.1. The molecule has 1 aliphatic heterocycles. The van der Waals surface area contributed by atoms with Crippen molar-refractivity contribution in [1.82, 2.24) is 10.3 Å². The van der Waals surface area contributed by atoms with Crippen LogP contribution in [0.1, 0.15) is 28.8 Å². The minimum absolute atomic E-state index is 0.00502. The molecule has 0 spiro atoms. The summed E-state index contributed by atoms with van der Waals surface area (Å²) >= 11 is 1.57. The molecule has 110 valence electrons. The van der Waals surface area contributed by atoms with Crippen LogP contribution in [-0.2, 0) is 24.2 Å². The zero-order valence-corrected chi connectivity index (χ0v) is 13.0. The van der Waals surface area contributed by atoms with Crippen LogP contribution in [0.25, 0.3) is 0 Å². The van der Waals surface area contributed by atoms with Crippen LogP contribution in [0, 0.1) is 6.92 Å². The number of amides is 1. The molecule has 21 heavy (non-hydrogen) atoms. The number of nitrogens with one attached hydrogen (secondary N) is 1. The first-order valence-corrected chi connectivity index (χ1v) is 7.94. The fourth-order valence-corrected chi connectivity index (χ4v) is 3.12.